The van der Waals surface area contributed by atoms with Crippen LogP contribution in [0.1, 0.15) is 58.3 Å². The topological polar surface area (TPSA) is 27.6 Å². The first-order chi connectivity index (χ1) is 9.31. The second-order valence-corrected chi connectivity index (χ2v) is 6.85. The van der Waals surface area contributed by atoms with Gasteiger partial charge in [-0.1, -0.05) is 19.3 Å². The van der Waals surface area contributed by atoms with Gasteiger partial charge in [-0.15, -0.1) is 0 Å². The fraction of sp³-hybridized carbons (Fsp3) is 0.938. The molecule has 0 bridgehead atoms. The van der Waals surface area contributed by atoms with Gasteiger partial charge >= 0.3 is 0 Å². The van der Waals surface area contributed by atoms with Gasteiger partial charge in [0.2, 0.25) is 0 Å². The summed E-state index contributed by atoms with van der Waals surface area (Å²) in [5.41, 5.74) is 0.671. The molecular formula is C16H29N3. The number of aliphatic imine (C=N–C) groups is 1. The summed E-state index contributed by atoms with van der Waals surface area (Å²) < 4.78 is 0. The lowest BCUT2D eigenvalue weighted by atomic mass is 9.68. The van der Waals surface area contributed by atoms with Gasteiger partial charge in [0, 0.05) is 26.2 Å². The minimum atomic E-state index is 0.671. The van der Waals surface area contributed by atoms with Crippen molar-refractivity contribution < 1.29 is 0 Å². The van der Waals surface area contributed by atoms with E-state index in [9.17, 15) is 0 Å². The molecule has 2 saturated carbocycles. The molecule has 1 saturated heterocycles. The van der Waals surface area contributed by atoms with E-state index in [1.165, 1.54) is 70.4 Å². The van der Waals surface area contributed by atoms with Gasteiger partial charge in [-0.05, 0) is 50.4 Å². The summed E-state index contributed by atoms with van der Waals surface area (Å²) in [5, 5.41) is 3.49. The minimum Gasteiger partial charge on any atom is -0.357 e. The largest absolute Gasteiger partial charge is 0.357 e. The summed E-state index contributed by atoms with van der Waals surface area (Å²) in [5.74, 6) is 2.23. The molecule has 0 aromatic heterocycles. The number of guanidine groups is 1. The van der Waals surface area contributed by atoms with Crippen molar-refractivity contribution in [3.8, 4) is 0 Å². The first-order valence-electron chi connectivity index (χ1n) is 8.35. The fourth-order valence-corrected chi connectivity index (χ4v) is 3.60. The van der Waals surface area contributed by atoms with E-state index < -0.39 is 0 Å². The van der Waals surface area contributed by atoms with E-state index in [2.05, 4.69) is 17.1 Å². The maximum Gasteiger partial charge on any atom is 0.193 e. The summed E-state index contributed by atoms with van der Waals surface area (Å²) in [7, 11) is 0. The Balaban J connectivity index is 1.49. The lowest BCUT2D eigenvalue weighted by Gasteiger charge is -2.38. The van der Waals surface area contributed by atoms with Gasteiger partial charge < -0.3 is 10.2 Å². The van der Waals surface area contributed by atoms with Crippen molar-refractivity contribution in [3.63, 3.8) is 0 Å². The second-order valence-electron chi connectivity index (χ2n) is 6.85. The lowest BCUT2D eigenvalue weighted by Crippen LogP contribution is -2.42. The van der Waals surface area contributed by atoms with Crippen LogP contribution in [0.5, 0.6) is 0 Å². The number of rotatable bonds is 5. The molecule has 0 radical (unpaired) electrons. The number of hydrogen-bond donors (Lipinski definition) is 1. The first kappa shape index (κ1) is 13.3. The Morgan fingerprint density at radius 2 is 2.16 bits per heavy atom. The zero-order valence-electron chi connectivity index (χ0n) is 12.5. The molecule has 3 rings (SSSR count). The highest BCUT2D eigenvalue weighted by molar-refractivity contribution is 5.80. The van der Waals surface area contributed by atoms with E-state index in [4.69, 9.17) is 4.99 Å². The predicted molar refractivity (Wildman–Crippen MR) is 80.4 cm³/mol. The molecule has 0 aromatic rings. The van der Waals surface area contributed by atoms with E-state index in [-0.39, 0.29) is 0 Å². The molecule has 0 atom stereocenters. The lowest BCUT2D eigenvalue weighted by molar-refractivity contribution is 0.151. The van der Waals surface area contributed by atoms with Gasteiger partial charge in [-0.3, -0.25) is 4.99 Å². The van der Waals surface area contributed by atoms with Crippen LogP contribution in [0.4, 0.5) is 0 Å². The molecule has 0 unspecified atom stereocenters. The van der Waals surface area contributed by atoms with Crippen LogP contribution in [0.15, 0.2) is 4.99 Å². The van der Waals surface area contributed by atoms with Crippen LogP contribution in [-0.4, -0.2) is 37.0 Å². The third-order valence-electron chi connectivity index (χ3n) is 5.22. The average molecular weight is 263 g/mol. The van der Waals surface area contributed by atoms with Crippen LogP contribution in [0, 0.1) is 11.3 Å². The molecule has 1 heterocycles. The molecule has 3 aliphatic rings. The van der Waals surface area contributed by atoms with Gasteiger partial charge in [-0.2, -0.15) is 0 Å². The quantitative estimate of drug-likeness (QED) is 0.469. The van der Waals surface area contributed by atoms with Crippen molar-refractivity contribution in [2.45, 2.75) is 58.3 Å². The van der Waals surface area contributed by atoms with E-state index in [0.29, 0.717) is 5.41 Å². The molecule has 3 heteroatoms. The summed E-state index contributed by atoms with van der Waals surface area (Å²) in [6.07, 6.45) is 11.3. The summed E-state index contributed by atoms with van der Waals surface area (Å²) >= 11 is 0. The van der Waals surface area contributed by atoms with E-state index in [1.54, 1.807) is 0 Å². The standard InChI is InChI=1S/C16H29N3/c1-2-17-15(18-11-3-5-14-6-7-14)19-12-10-16(13-19)8-4-9-16/h14H,2-13H2,1H3,(H,17,18). The van der Waals surface area contributed by atoms with E-state index in [0.717, 1.165) is 19.0 Å². The molecule has 1 aliphatic heterocycles. The number of nitrogens with zero attached hydrogens (tertiary/aromatic N) is 2. The molecule has 1 N–H and O–H groups in total. The second kappa shape index (κ2) is 5.72. The van der Waals surface area contributed by atoms with Gasteiger partial charge in [0.1, 0.15) is 0 Å². The van der Waals surface area contributed by atoms with Crippen LogP contribution in [0.25, 0.3) is 0 Å². The highest BCUT2D eigenvalue weighted by Gasteiger charge is 2.43. The molecule has 108 valence electrons. The van der Waals surface area contributed by atoms with Crippen molar-refractivity contribution in [1.29, 1.82) is 0 Å². The Kier molecular flexibility index (Phi) is 3.99. The van der Waals surface area contributed by atoms with Gasteiger partial charge in [0.15, 0.2) is 5.96 Å². The fourth-order valence-electron chi connectivity index (χ4n) is 3.60. The highest BCUT2D eigenvalue weighted by Crippen LogP contribution is 2.47. The Hall–Kier alpha value is -0.730. The van der Waals surface area contributed by atoms with Gasteiger partial charge in [-0.25, -0.2) is 0 Å². The van der Waals surface area contributed by atoms with Crippen molar-refractivity contribution in [2.24, 2.45) is 16.3 Å². The first-order valence-corrected chi connectivity index (χ1v) is 8.35. The van der Waals surface area contributed by atoms with Gasteiger partial charge in [0.05, 0.1) is 0 Å². The van der Waals surface area contributed by atoms with Crippen LogP contribution in [-0.2, 0) is 0 Å². The number of hydrogen-bond acceptors (Lipinski definition) is 1. The molecule has 3 fully saturated rings. The summed E-state index contributed by atoms with van der Waals surface area (Å²) in [6.45, 7) is 6.65. The number of likely N-dealkylation sites (tertiary alicyclic amines) is 1. The van der Waals surface area contributed by atoms with E-state index >= 15 is 0 Å². The zero-order chi connectivity index (χ0) is 13.1. The van der Waals surface area contributed by atoms with Crippen LogP contribution in [0.3, 0.4) is 0 Å². The van der Waals surface area contributed by atoms with Gasteiger partial charge in [0.25, 0.3) is 0 Å². The van der Waals surface area contributed by atoms with Crippen LogP contribution in [0.2, 0.25) is 0 Å². The van der Waals surface area contributed by atoms with Crippen LogP contribution >= 0.6 is 0 Å². The zero-order valence-corrected chi connectivity index (χ0v) is 12.5. The monoisotopic (exact) mass is 263 g/mol. The van der Waals surface area contributed by atoms with Crippen LogP contribution < -0.4 is 5.32 Å². The maximum atomic E-state index is 4.85. The Bertz CT molecular complexity index is 329. The predicted octanol–water partition coefficient (Wildman–Crippen LogP) is 3.02. The normalized spacial score (nSPS) is 25.7. The van der Waals surface area contributed by atoms with Crippen molar-refractivity contribution in [3.05, 3.63) is 0 Å². The average Bonchev–Trinajstić information content (AvgIpc) is 3.07. The maximum absolute atomic E-state index is 4.85. The summed E-state index contributed by atoms with van der Waals surface area (Å²) in [4.78, 5) is 7.36. The molecule has 19 heavy (non-hydrogen) atoms. The molecular weight excluding hydrogens is 234 g/mol. The van der Waals surface area contributed by atoms with Crippen molar-refractivity contribution in [2.75, 3.05) is 26.2 Å². The number of nitrogens with one attached hydrogen (secondary N) is 1. The third kappa shape index (κ3) is 3.24. The Morgan fingerprint density at radius 1 is 1.32 bits per heavy atom. The van der Waals surface area contributed by atoms with Crippen molar-refractivity contribution >= 4 is 5.96 Å². The SMILES string of the molecule is CCNC(=NCCCC1CC1)N1CCC2(CCC2)C1. The third-order valence-corrected chi connectivity index (χ3v) is 5.22. The molecule has 3 nitrogen and oxygen atoms in total. The molecule has 0 amide bonds. The van der Waals surface area contributed by atoms with Crippen molar-refractivity contribution in [1.82, 2.24) is 10.2 Å². The smallest absolute Gasteiger partial charge is 0.193 e. The molecule has 0 aromatic carbocycles. The highest BCUT2D eigenvalue weighted by atomic mass is 15.3. The Labute approximate surface area is 117 Å². The molecule has 1 spiro atoms. The summed E-state index contributed by atoms with van der Waals surface area (Å²) in [6, 6.07) is 0. The van der Waals surface area contributed by atoms with E-state index in [1.807, 2.05) is 0 Å². The molecule has 2 aliphatic carbocycles. The minimum absolute atomic E-state index is 0.671. The Morgan fingerprint density at radius 3 is 2.74 bits per heavy atom.